The minimum atomic E-state index is -0.0504. The molecule has 0 atom stereocenters. The van der Waals surface area contributed by atoms with Crippen molar-refractivity contribution in [3.05, 3.63) is 35.4 Å². The average Bonchev–Trinajstić information content (AvgIpc) is 2.95. The van der Waals surface area contributed by atoms with Crippen molar-refractivity contribution >= 4 is 17.7 Å². The highest BCUT2D eigenvalue weighted by atomic mass is 16.2. The van der Waals surface area contributed by atoms with Crippen molar-refractivity contribution in [2.24, 2.45) is 0 Å². The largest absolute Gasteiger partial charge is 0.352 e. The van der Waals surface area contributed by atoms with Crippen LogP contribution >= 0.6 is 0 Å². The van der Waals surface area contributed by atoms with Crippen molar-refractivity contribution in [1.82, 2.24) is 15.1 Å². The predicted octanol–water partition coefficient (Wildman–Crippen LogP) is 2.72. The quantitative estimate of drug-likeness (QED) is 0.819. The maximum absolute atomic E-state index is 12.5. The van der Waals surface area contributed by atoms with Crippen molar-refractivity contribution in [2.45, 2.75) is 57.9 Å². The molecule has 0 bridgehead atoms. The normalized spacial score (nSPS) is 17.9. The van der Waals surface area contributed by atoms with E-state index >= 15 is 0 Å². The van der Waals surface area contributed by atoms with Crippen molar-refractivity contribution in [1.29, 1.82) is 0 Å². The molecule has 1 aromatic carbocycles. The molecule has 0 aliphatic carbocycles. The second-order valence-corrected chi connectivity index (χ2v) is 7.77. The van der Waals surface area contributed by atoms with Crippen LogP contribution in [0.5, 0.6) is 0 Å². The summed E-state index contributed by atoms with van der Waals surface area (Å²) in [5, 5.41) is 2.91. The van der Waals surface area contributed by atoms with Gasteiger partial charge < -0.3 is 15.1 Å². The number of benzene rings is 1. The lowest BCUT2D eigenvalue weighted by Crippen LogP contribution is -2.35. The van der Waals surface area contributed by atoms with Crippen molar-refractivity contribution in [2.75, 3.05) is 26.2 Å². The van der Waals surface area contributed by atoms with Gasteiger partial charge in [0.2, 0.25) is 11.8 Å². The molecule has 2 heterocycles. The molecule has 28 heavy (non-hydrogen) atoms. The second-order valence-electron chi connectivity index (χ2n) is 7.77. The smallest absolute Gasteiger partial charge is 0.253 e. The van der Waals surface area contributed by atoms with Crippen LogP contribution in [0.4, 0.5) is 0 Å². The van der Waals surface area contributed by atoms with Gasteiger partial charge in [0, 0.05) is 51.1 Å². The number of nitrogens with one attached hydrogen (secondary N) is 1. The van der Waals surface area contributed by atoms with Gasteiger partial charge in [-0.25, -0.2) is 0 Å². The van der Waals surface area contributed by atoms with Gasteiger partial charge in [0.1, 0.15) is 0 Å². The third-order valence-electron chi connectivity index (χ3n) is 5.61. The van der Waals surface area contributed by atoms with Crippen LogP contribution in [0.3, 0.4) is 0 Å². The Kier molecular flexibility index (Phi) is 7.46. The molecule has 0 unspecified atom stereocenters. The van der Waals surface area contributed by atoms with Crippen LogP contribution in [0.1, 0.15) is 67.3 Å². The van der Waals surface area contributed by atoms with Crippen LogP contribution in [0, 0.1) is 0 Å². The Bertz CT molecular complexity index is 681. The molecule has 0 saturated carbocycles. The number of piperidine rings is 1. The minimum Gasteiger partial charge on any atom is -0.352 e. The van der Waals surface area contributed by atoms with E-state index in [1.165, 1.54) is 6.42 Å². The van der Waals surface area contributed by atoms with Gasteiger partial charge in [-0.2, -0.15) is 0 Å². The van der Waals surface area contributed by atoms with E-state index in [-0.39, 0.29) is 17.7 Å². The van der Waals surface area contributed by atoms with Crippen LogP contribution in [0.2, 0.25) is 0 Å². The summed E-state index contributed by atoms with van der Waals surface area (Å²) < 4.78 is 0. The number of carbonyl (C=O) groups excluding carboxylic acids is 3. The number of likely N-dealkylation sites (tertiary alicyclic amines) is 2. The first-order valence-electron chi connectivity index (χ1n) is 10.6. The predicted molar refractivity (Wildman–Crippen MR) is 108 cm³/mol. The highest BCUT2D eigenvalue weighted by Crippen LogP contribution is 2.14. The molecule has 0 spiro atoms. The number of carbonyl (C=O) groups is 3. The third kappa shape index (κ3) is 5.81. The molecule has 0 radical (unpaired) electrons. The number of rotatable bonds is 6. The van der Waals surface area contributed by atoms with Gasteiger partial charge in [0.15, 0.2) is 0 Å². The molecular weight excluding hydrogens is 354 g/mol. The van der Waals surface area contributed by atoms with Gasteiger partial charge in [0.05, 0.1) is 0 Å². The number of hydrogen-bond donors (Lipinski definition) is 1. The van der Waals surface area contributed by atoms with E-state index < -0.39 is 0 Å². The summed E-state index contributed by atoms with van der Waals surface area (Å²) in [6, 6.07) is 7.48. The van der Waals surface area contributed by atoms with E-state index in [4.69, 9.17) is 0 Å². The van der Waals surface area contributed by atoms with Gasteiger partial charge in [-0.3, -0.25) is 14.4 Å². The first-order chi connectivity index (χ1) is 13.6. The number of hydrogen-bond acceptors (Lipinski definition) is 3. The van der Waals surface area contributed by atoms with E-state index in [0.29, 0.717) is 31.5 Å². The van der Waals surface area contributed by atoms with E-state index in [2.05, 4.69) is 5.32 Å². The highest BCUT2D eigenvalue weighted by molar-refractivity contribution is 5.94. The number of amides is 3. The molecule has 2 fully saturated rings. The first kappa shape index (κ1) is 20.4. The summed E-state index contributed by atoms with van der Waals surface area (Å²) in [6.45, 7) is 3.38. The fourth-order valence-electron chi connectivity index (χ4n) is 3.85. The zero-order valence-electron chi connectivity index (χ0n) is 16.6. The Balaban J connectivity index is 1.42. The second kappa shape index (κ2) is 10.2. The maximum atomic E-state index is 12.5. The molecule has 0 aromatic heterocycles. The lowest BCUT2D eigenvalue weighted by atomic mass is 10.1. The van der Waals surface area contributed by atoms with Gasteiger partial charge in [0.25, 0.3) is 5.91 Å². The summed E-state index contributed by atoms with van der Waals surface area (Å²) in [4.78, 5) is 40.3. The molecule has 1 aromatic rings. The standard InChI is InChI=1S/C22H31N3O3/c26-20(12-16-24-13-4-1-3-7-21(24)27)23-17-18-8-10-19(11-9-18)22(28)25-14-5-2-6-15-25/h8-11H,1-7,12-17H2,(H,23,26). The molecule has 3 amide bonds. The molecule has 3 rings (SSSR count). The van der Waals surface area contributed by atoms with E-state index in [1.807, 2.05) is 34.1 Å². The molecular formula is C22H31N3O3. The van der Waals surface area contributed by atoms with Crippen LogP contribution in [-0.2, 0) is 16.1 Å². The Morgan fingerprint density at radius 3 is 2.32 bits per heavy atom. The fourth-order valence-corrected chi connectivity index (χ4v) is 3.85. The van der Waals surface area contributed by atoms with Crippen molar-refractivity contribution in [3.63, 3.8) is 0 Å². The van der Waals surface area contributed by atoms with Gasteiger partial charge >= 0.3 is 0 Å². The molecule has 2 saturated heterocycles. The first-order valence-corrected chi connectivity index (χ1v) is 10.6. The summed E-state index contributed by atoms with van der Waals surface area (Å²) in [6.07, 6.45) is 7.37. The topological polar surface area (TPSA) is 69.7 Å². The summed E-state index contributed by atoms with van der Waals surface area (Å²) in [5.41, 5.74) is 1.67. The molecule has 6 nitrogen and oxygen atoms in total. The van der Waals surface area contributed by atoms with Crippen LogP contribution in [0.15, 0.2) is 24.3 Å². The number of nitrogens with zero attached hydrogens (tertiary/aromatic N) is 2. The summed E-state index contributed by atoms with van der Waals surface area (Å²) in [7, 11) is 0. The summed E-state index contributed by atoms with van der Waals surface area (Å²) >= 11 is 0. The summed E-state index contributed by atoms with van der Waals surface area (Å²) in [5.74, 6) is 0.210. The lowest BCUT2D eigenvalue weighted by Gasteiger charge is -2.26. The van der Waals surface area contributed by atoms with Crippen LogP contribution in [-0.4, -0.2) is 53.7 Å². The fraction of sp³-hybridized carbons (Fsp3) is 0.591. The Morgan fingerprint density at radius 1 is 0.893 bits per heavy atom. The van der Waals surface area contributed by atoms with Gasteiger partial charge in [-0.15, -0.1) is 0 Å². The molecule has 152 valence electrons. The zero-order valence-corrected chi connectivity index (χ0v) is 16.6. The third-order valence-corrected chi connectivity index (χ3v) is 5.61. The highest BCUT2D eigenvalue weighted by Gasteiger charge is 2.18. The maximum Gasteiger partial charge on any atom is 0.253 e. The van der Waals surface area contributed by atoms with E-state index in [1.54, 1.807) is 0 Å². The van der Waals surface area contributed by atoms with E-state index in [0.717, 1.165) is 57.3 Å². The molecule has 6 heteroatoms. The monoisotopic (exact) mass is 385 g/mol. The van der Waals surface area contributed by atoms with E-state index in [9.17, 15) is 14.4 Å². The SMILES string of the molecule is O=C(CCN1CCCCCC1=O)NCc1ccc(C(=O)N2CCCCC2)cc1. The van der Waals surface area contributed by atoms with Crippen molar-refractivity contribution < 1.29 is 14.4 Å². The van der Waals surface area contributed by atoms with Crippen molar-refractivity contribution in [3.8, 4) is 0 Å². The Labute approximate surface area is 167 Å². The molecule has 2 aliphatic rings. The van der Waals surface area contributed by atoms with Gasteiger partial charge in [-0.1, -0.05) is 18.6 Å². The minimum absolute atomic E-state index is 0.0504. The van der Waals surface area contributed by atoms with Gasteiger partial charge in [-0.05, 0) is 49.8 Å². The van der Waals surface area contributed by atoms with Crippen LogP contribution < -0.4 is 5.32 Å². The molecule has 1 N–H and O–H groups in total. The Hall–Kier alpha value is -2.37. The molecule has 2 aliphatic heterocycles. The average molecular weight is 386 g/mol. The Morgan fingerprint density at radius 2 is 1.57 bits per heavy atom. The zero-order chi connectivity index (χ0) is 19.8. The lowest BCUT2D eigenvalue weighted by molar-refractivity contribution is -0.131. The van der Waals surface area contributed by atoms with Crippen LogP contribution in [0.25, 0.3) is 0 Å².